The molecule has 0 atom stereocenters. The molecular formula is C21H28N2O5S. The van der Waals surface area contributed by atoms with Crippen molar-refractivity contribution in [2.45, 2.75) is 52.5 Å². The summed E-state index contributed by atoms with van der Waals surface area (Å²) >= 11 is 0. The number of amides is 1. The number of ether oxygens (including phenoxy) is 2. The second kappa shape index (κ2) is 8.84. The lowest BCUT2D eigenvalue weighted by atomic mass is 10.0. The van der Waals surface area contributed by atoms with Crippen molar-refractivity contribution in [3.05, 3.63) is 52.1 Å². The van der Waals surface area contributed by atoms with Crippen LogP contribution in [0.3, 0.4) is 0 Å². The molecule has 2 aromatic rings. The van der Waals surface area contributed by atoms with Gasteiger partial charge in [0.2, 0.25) is 0 Å². The van der Waals surface area contributed by atoms with E-state index in [1.807, 2.05) is 33.8 Å². The smallest absolute Gasteiger partial charge is 0.266 e. The first-order chi connectivity index (χ1) is 13.5. The van der Waals surface area contributed by atoms with Gasteiger partial charge in [0.05, 0.1) is 18.1 Å². The Labute approximate surface area is 172 Å². The number of rotatable bonds is 7. The minimum atomic E-state index is -3.95. The number of nitrogens with one attached hydrogen (secondary N) is 2. The van der Waals surface area contributed by atoms with Gasteiger partial charge in [-0.2, -0.15) is 0 Å². The molecule has 8 heteroatoms. The van der Waals surface area contributed by atoms with Gasteiger partial charge in [-0.15, -0.1) is 4.83 Å². The van der Waals surface area contributed by atoms with Gasteiger partial charge in [-0.25, -0.2) is 8.42 Å². The SMILES string of the molecule is COc1cc(C(=O)NNS(=O)(=O)c2c(C)c(C)cc(C)c2C)ccc1OC(C)C. The lowest BCUT2D eigenvalue weighted by molar-refractivity contribution is 0.0944. The molecule has 0 unspecified atom stereocenters. The highest BCUT2D eigenvalue weighted by Crippen LogP contribution is 2.29. The number of methoxy groups -OCH3 is 1. The van der Waals surface area contributed by atoms with Crippen LogP contribution in [0.5, 0.6) is 11.5 Å². The monoisotopic (exact) mass is 420 g/mol. The summed E-state index contributed by atoms with van der Waals surface area (Å²) in [5, 5.41) is 0. The fourth-order valence-electron chi connectivity index (χ4n) is 2.98. The van der Waals surface area contributed by atoms with E-state index in [9.17, 15) is 13.2 Å². The van der Waals surface area contributed by atoms with Gasteiger partial charge in [-0.3, -0.25) is 10.2 Å². The Balaban J connectivity index is 2.25. The summed E-state index contributed by atoms with van der Waals surface area (Å²) < 4.78 is 36.6. The summed E-state index contributed by atoms with van der Waals surface area (Å²) in [6, 6.07) is 6.58. The largest absolute Gasteiger partial charge is 0.493 e. The first-order valence-electron chi connectivity index (χ1n) is 9.22. The minimum absolute atomic E-state index is 0.0559. The van der Waals surface area contributed by atoms with Crippen LogP contribution in [0.25, 0.3) is 0 Å². The van der Waals surface area contributed by atoms with Crippen molar-refractivity contribution in [2.75, 3.05) is 7.11 Å². The van der Waals surface area contributed by atoms with Crippen LogP contribution in [0.2, 0.25) is 0 Å². The molecule has 1 amide bonds. The van der Waals surface area contributed by atoms with Crippen molar-refractivity contribution >= 4 is 15.9 Å². The highest BCUT2D eigenvalue weighted by Gasteiger charge is 2.23. The number of hydrogen-bond donors (Lipinski definition) is 2. The number of sulfonamides is 1. The summed E-state index contributed by atoms with van der Waals surface area (Å²) in [7, 11) is -2.48. The van der Waals surface area contributed by atoms with E-state index in [1.54, 1.807) is 19.9 Å². The molecule has 2 rings (SSSR count). The van der Waals surface area contributed by atoms with Crippen LogP contribution in [-0.2, 0) is 10.0 Å². The third-order valence-electron chi connectivity index (χ3n) is 4.65. The molecule has 0 aliphatic heterocycles. The van der Waals surface area contributed by atoms with Crippen molar-refractivity contribution in [2.24, 2.45) is 0 Å². The summed E-state index contributed by atoms with van der Waals surface area (Å²) in [5.41, 5.74) is 5.52. The van der Waals surface area contributed by atoms with Gasteiger partial charge in [0.15, 0.2) is 11.5 Å². The van der Waals surface area contributed by atoms with E-state index in [-0.39, 0.29) is 16.6 Å². The molecule has 2 N–H and O–H groups in total. The van der Waals surface area contributed by atoms with E-state index in [4.69, 9.17) is 9.47 Å². The molecule has 0 aromatic heterocycles. The van der Waals surface area contributed by atoms with Crippen LogP contribution in [0.15, 0.2) is 29.2 Å². The number of hydrazine groups is 1. The zero-order valence-electron chi connectivity index (χ0n) is 17.8. The molecule has 0 saturated carbocycles. The van der Waals surface area contributed by atoms with E-state index >= 15 is 0 Å². The Hall–Kier alpha value is -2.58. The molecule has 0 saturated heterocycles. The van der Waals surface area contributed by atoms with E-state index in [0.29, 0.717) is 22.6 Å². The Morgan fingerprint density at radius 3 is 2.07 bits per heavy atom. The molecule has 0 radical (unpaired) electrons. The molecule has 7 nitrogen and oxygen atoms in total. The number of hydrogen-bond acceptors (Lipinski definition) is 5. The first kappa shape index (κ1) is 22.7. The van der Waals surface area contributed by atoms with E-state index < -0.39 is 15.9 Å². The highest BCUT2D eigenvalue weighted by atomic mass is 32.2. The van der Waals surface area contributed by atoms with Gasteiger partial charge in [0, 0.05) is 5.56 Å². The van der Waals surface area contributed by atoms with Crippen LogP contribution in [0, 0.1) is 27.7 Å². The molecule has 0 heterocycles. The zero-order chi connectivity index (χ0) is 21.9. The van der Waals surface area contributed by atoms with Crippen molar-refractivity contribution in [1.29, 1.82) is 0 Å². The number of carbonyl (C=O) groups is 1. The predicted octanol–water partition coefficient (Wildman–Crippen LogP) is 3.34. The summed E-state index contributed by atoms with van der Waals surface area (Å²) in [6.07, 6.45) is -0.0559. The van der Waals surface area contributed by atoms with Gasteiger partial charge in [0.1, 0.15) is 0 Å². The van der Waals surface area contributed by atoms with Crippen molar-refractivity contribution < 1.29 is 22.7 Å². The van der Waals surface area contributed by atoms with E-state index in [0.717, 1.165) is 11.1 Å². The minimum Gasteiger partial charge on any atom is -0.493 e. The summed E-state index contributed by atoms with van der Waals surface area (Å²) in [5.74, 6) is 0.277. The third kappa shape index (κ3) is 5.07. The second-order valence-corrected chi connectivity index (χ2v) is 8.80. The molecule has 158 valence electrons. The third-order valence-corrected chi connectivity index (χ3v) is 6.17. The van der Waals surface area contributed by atoms with E-state index in [2.05, 4.69) is 10.3 Å². The molecular weight excluding hydrogens is 392 g/mol. The zero-order valence-corrected chi connectivity index (χ0v) is 18.7. The Kier molecular flexibility index (Phi) is 6.92. The van der Waals surface area contributed by atoms with Crippen molar-refractivity contribution in [3.8, 4) is 11.5 Å². The Morgan fingerprint density at radius 1 is 0.966 bits per heavy atom. The first-order valence-corrected chi connectivity index (χ1v) is 10.7. The number of aryl methyl sites for hydroxylation is 2. The predicted molar refractivity (Wildman–Crippen MR) is 112 cm³/mol. The second-order valence-electron chi connectivity index (χ2n) is 7.18. The molecule has 0 aliphatic rings. The average molecular weight is 421 g/mol. The number of carbonyl (C=O) groups excluding carboxylic acids is 1. The molecule has 29 heavy (non-hydrogen) atoms. The molecule has 0 bridgehead atoms. The summed E-state index contributed by atoms with van der Waals surface area (Å²) in [6.45, 7) is 11.0. The fraction of sp³-hybridized carbons (Fsp3) is 0.381. The van der Waals surface area contributed by atoms with Gasteiger partial charge < -0.3 is 9.47 Å². The van der Waals surface area contributed by atoms with Gasteiger partial charge >= 0.3 is 0 Å². The maximum atomic E-state index is 12.8. The average Bonchev–Trinajstić information content (AvgIpc) is 2.64. The topological polar surface area (TPSA) is 93.7 Å². The van der Waals surface area contributed by atoms with Crippen LogP contribution in [0.1, 0.15) is 46.5 Å². The van der Waals surface area contributed by atoms with Gasteiger partial charge in [-0.1, -0.05) is 6.07 Å². The maximum absolute atomic E-state index is 12.8. The van der Waals surface area contributed by atoms with Crippen LogP contribution in [0.4, 0.5) is 0 Å². The lowest BCUT2D eigenvalue weighted by Gasteiger charge is -2.17. The molecule has 0 aliphatic carbocycles. The Bertz CT molecular complexity index is 1000. The van der Waals surface area contributed by atoms with Crippen LogP contribution < -0.4 is 19.7 Å². The quantitative estimate of drug-likeness (QED) is 0.670. The van der Waals surface area contributed by atoms with Crippen LogP contribution in [-0.4, -0.2) is 27.5 Å². The van der Waals surface area contributed by atoms with E-state index in [1.165, 1.54) is 19.2 Å². The van der Waals surface area contributed by atoms with Crippen molar-refractivity contribution in [3.63, 3.8) is 0 Å². The van der Waals surface area contributed by atoms with Gasteiger partial charge in [0.25, 0.3) is 15.9 Å². The summed E-state index contributed by atoms with van der Waals surface area (Å²) in [4.78, 5) is 14.9. The maximum Gasteiger partial charge on any atom is 0.266 e. The highest BCUT2D eigenvalue weighted by molar-refractivity contribution is 7.89. The normalized spacial score (nSPS) is 11.4. The number of benzene rings is 2. The fourth-order valence-corrected chi connectivity index (χ4v) is 4.44. The van der Waals surface area contributed by atoms with Gasteiger partial charge in [-0.05, 0) is 82.0 Å². The standard InChI is InChI=1S/C21H28N2O5S/c1-12(2)28-18-9-8-17(11-19(18)27-7)21(24)22-23-29(25,26)20-15(5)13(3)10-14(4)16(20)6/h8-12,23H,1-7H3,(H,22,24). The molecule has 0 fully saturated rings. The lowest BCUT2D eigenvalue weighted by Crippen LogP contribution is -2.42. The molecule has 2 aromatic carbocycles. The Morgan fingerprint density at radius 2 is 1.55 bits per heavy atom. The van der Waals surface area contributed by atoms with Crippen LogP contribution >= 0.6 is 0 Å². The molecule has 0 spiro atoms. The van der Waals surface area contributed by atoms with Crippen molar-refractivity contribution in [1.82, 2.24) is 10.3 Å².